The maximum Gasteiger partial charge on any atom is 0.221 e. The first kappa shape index (κ1) is 16.8. The summed E-state index contributed by atoms with van der Waals surface area (Å²) >= 11 is 20.6. The lowest BCUT2D eigenvalue weighted by molar-refractivity contribution is -0.121. The van der Waals surface area contributed by atoms with Crippen molar-refractivity contribution < 1.29 is 4.79 Å². The van der Waals surface area contributed by atoms with Gasteiger partial charge in [-0.25, -0.2) is 0 Å². The predicted octanol–water partition coefficient (Wildman–Crippen LogP) is 3.68. The minimum absolute atomic E-state index is 0.113. The Morgan fingerprint density at radius 1 is 1.56 bits per heavy atom. The number of alkyl halides is 3. The zero-order chi connectivity index (χ0) is 13.8. The van der Waals surface area contributed by atoms with E-state index in [4.69, 9.17) is 34.8 Å². The molecule has 0 fully saturated rings. The van der Waals surface area contributed by atoms with Crippen LogP contribution in [-0.4, -0.2) is 31.7 Å². The fourth-order valence-corrected chi connectivity index (χ4v) is 3.85. The number of aliphatic imine (C=N–C) groups is 1. The predicted molar refractivity (Wildman–Crippen MR) is 84.0 cm³/mol. The van der Waals surface area contributed by atoms with E-state index < -0.39 is 9.17 Å². The zero-order valence-electron chi connectivity index (χ0n) is 10.1. The molecule has 0 spiro atoms. The van der Waals surface area contributed by atoms with Gasteiger partial charge in [0.1, 0.15) is 9.75 Å². The van der Waals surface area contributed by atoms with E-state index >= 15 is 0 Å². The van der Waals surface area contributed by atoms with Crippen molar-refractivity contribution in [3.8, 4) is 0 Å². The van der Waals surface area contributed by atoms with Crippen LogP contribution in [-0.2, 0) is 4.79 Å². The van der Waals surface area contributed by atoms with Gasteiger partial charge in [0.15, 0.2) is 0 Å². The maximum absolute atomic E-state index is 11.7. The zero-order valence-corrected chi connectivity index (χ0v) is 14.0. The summed E-state index contributed by atoms with van der Waals surface area (Å²) in [7, 11) is 0. The summed E-state index contributed by atoms with van der Waals surface area (Å²) in [6.45, 7) is 4.71. The van der Waals surface area contributed by atoms with Crippen LogP contribution in [0.5, 0.6) is 0 Å². The second-order valence-corrected chi connectivity index (χ2v) is 9.01. The highest BCUT2D eigenvalue weighted by atomic mass is 35.6. The third-order valence-electron chi connectivity index (χ3n) is 1.96. The number of nitrogens with zero attached hydrogens (tertiary/aromatic N) is 1. The Kier molecular flexibility index (Phi) is 6.97. The van der Waals surface area contributed by atoms with E-state index in [0.717, 1.165) is 16.7 Å². The van der Waals surface area contributed by atoms with E-state index in [0.29, 0.717) is 6.42 Å². The molecule has 1 aliphatic rings. The van der Waals surface area contributed by atoms with Crippen LogP contribution in [0.25, 0.3) is 0 Å². The Labute approximate surface area is 131 Å². The molecule has 1 N–H and O–H groups in total. The molecular formula is C10H15Cl3N2OS2. The standard InChI is InChI=1S/C10H15Cl3N2OS2/c1-6(2)5-7(16)15-8(10(11,12)13)18-9-14-3-4-17-9/h6,8H,3-5H2,1-2H3,(H,15,16)/t8-/m1/s1. The Morgan fingerprint density at radius 2 is 2.22 bits per heavy atom. The van der Waals surface area contributed by atoms with Gasteiger partial charge in [0.2, 0.25) is 9.70 Å². The van der Waals surface area contributed by atoms with Crippen molar-refractivity contribution >= 4 is 68.6 Å². The molecule has 3 nitrogen and oxygen atoms in total. The van der Waals surface area contributed by atoms with Crippen LogP contribution in [0.4, 0.5) is 0 Å². The van der Waals surface area contributed by atoms with Gasteiger partial charge in [-0.05, 0) is 5.92 Å². The molecule has 1 heterocycles. The first-order valence-electron chi connectivity index (χ1n) is 5.49. The van der Waals surface area contributed by atoms with Crippen molar-refractivity contribution in [2.45, 2.75) is 29.4 Å². The minimum Gasteiger partial charge on any atom is -0.340 e. The molecule has 0 unspecified atom stereocenters. The average molecular weight is 350 g/mol. The van der Waals surface area contributed by atoms with Crippen molar-refractivity contribution in [3.63, 3.8) is 0 Å². The van der Waals surface area contributed by atoms with Crippen LogP contribution in [0, 0.1) is 5.92 Å². The largest absolute Gasteiger partial charge is 0.340 e. The van der Waals surface area contributed by atoms with Gasteiger partial charge in [-0.1, -0.05) is 72.2 Å². The number of amides is 1. The molecule has 18 heavy (non-hydrogen) atoms. The lowest BCUT2D eigenvalue weighted by Crippen LogP contribution is -2.42. The van der Waals surface area contributed by atoms with E-state index in [9.17, 15) is 4.79 Å². The molecule has 104 valence electrons. The molecule has 1 rings (SSSR count). The SMILES string of the molecule is CC(C)CC(=O)N[C@H](SC1=NCCS1)C(Cl)(Cl)Cl. The summed E-state index contributed by atoms with van der Waals surface area (Å²) in [5.41, 5.74) is 0. The molecule has 0 aromatic heterocycles. The lowest BCUT2D eigenvalue weighted by atomic mass is 10.1. The fraction of sp³-hybridized carbons (Fsp3) is 0.800. The van der Waals surface area contributed by atoms with Crippen molar-refractivity contribution in [2.24, 2.45) is 10.9 Å². The number of hydrogen-bond donors (Lipinski definition) is 1. The number of carbonyl (C=O) groups excluding carboxylic acids is 1. The Balaban J connectivity index is 2.58. The Hall–Kier alpha value is 0.710. The van der Waals surface area contributed by atoms with Gasteiger partial charge in [-0.3, -0.25) is 9.79 Å². The molecule has 0 aromatic carbocycles. The number of hydrogen-bond acceptors (Lipinski definition) is 4. The molecule has 1 aliphatic heterocycles. The van der Waals surface area contributed by atoms with Gasteiger partial charge in [0.25, 0.3) is 0 Å². The fourth-order valence-electron chi connectivity index (χ4n) is 1.24. The molecule has 0 aliphatic carbocycles. The topological polar surface area (TPSA) is 41.5 Å². The van der Waals surface area contributed by atoms with Crippen molar-refractivity contribution in [1.82, 2.24) is 5.32 Å². The van der Waals surface area contributed by atoms with Gasteiger partial charge >= 0.3 is 0 Å². The van der Waals surface area contributed by atoms with E-state index in [1.165, 1.54) is 11.8 Å². The quantitative estimate of drug-likeness (QED) is 0.622. The Bertz CT molecular complexity index is 332. The number of carbonyl (C=O) groups is 1. The summed E-state index contributed by atoms with van der Waals surface area (Å²) in [6, 6.07) is 0. The molecule has 0 saturated heterocycles. The third-order valence-corrected chi connectivity index (χ3v) is 5.45. The molecule has 8 heteroatoms. The molecule has 0 aromatic rings. The van der Waals surface area contributed by atoms with E-state index in [1.807, 2.05) is 13.8 Å². The number of rotatable bonds is 4. The summed E-state index contributed by atoms with van der Waals surface area (Å²) in [6.07, 6.45) is 0.414. The third kappa shape index (κ3) is 6.24. The van der Waals surface area contributed by atoms with Crippen LogP contribution >= 0.6 is 58.3 Å². The van der Waals surface area contributed by atoms with Crippen molar-refractivity contribution in [2.75, 3.05) is 12.3 Å². The van der Waals surface area contributed by atoms with Crippen LogP contribution < -0.4 is 5.32 Å². The molecular weight excluding hydrogens is 335 g/mol. The highest BCUT2D eigenvalue weighted by Gasteiger charge is 2.36. The van der Waals surface area contributed by atoms with E-state index in [-0.39, 0.29) is 11.8 Å². The summed E-state index contributed by atoms with van der Waals surface area (Å²) < 4.78 is -0.695. The normalized spacial score (nSPS) is 17.8. The van der Waals surface area contributed by atoms with Crippen LogP contribution in [0.15, 0.2) is 4.99 Å². The monoisotopic (exact) mass is 348 g/mol. The minimum atomic E-state index is -1.55. The molecule has 0 saturated carbocycles. The number of nitrogens with one attached hydrogen (secondary N) is 1. The van der Waals surface area contributed by atoms with Gasteiger partial charge in [0, 0.05) is 12.2 Å². The van der Waals surface area contributed by atoms with E-state index in [1.54, 1.807) is 11.8 Å². The lowest BCUT2D eigenvalue weighted by Gasteiger charge is -2.25. The molecule has 0 bridgehead atoms. The summed E-state index contributed by atoms with van der Waals surface area (Å²) in [5, 5.41) is 2.14. The van der Waals surface area contributed by atoms with Crippen molar-refractivity contribution in [1.29, 1.82) is 0 Å². The number of thioether (sulfide) groups is 2. The van der Waals surface area contributed by atoms with Gasteiger partial charge in [0.05, 0.1) is 6.54 Å². The summed E-state index contributed by atoms with van der Waals surface area (Å²) in [5.74, 6) is 1.09. The van der Waals surface area contributed by atoms with Gasteiger partial charge in [-0.15, -0.1) is 0 Å². The van der Waals surface area contributed by atoms with Gasteiger partial charge < -0.3 is 5.32 Å². The van der Waals surface area contributed by atoms with Crippen molar-refractivity contribution in [3.05, 3.63) is 0 Å². The maximum atomic E-state index is 11.7. The average Bonchev–Trinajstić information content (AvgIpc) is 2.66. The van der Waals surface area contributed by atoms with E-state index in [2.05, 4.69) is 10.3 Å². The highest BCUT2D eigenvalue weighted by molar-refractivity contribution is 8.39. The number of halogens is 3. The smallest absolute Gasteiger partial charge is 0.221 e. The summed E-state index contributed by atoms with van der Waals surface area (Å²) in [4.78, 5) is 16.0. The molecule has 0 radical (unpaired) electrons. The second kappa shape index (κ2) is 7.48. The van der Waals surface area contributed by atoms with Crippen LogP contribution in [0.3, 0.4) is 0 Å². The molecule has 1 amide bonds. The van der Waals surface area contributed by atoms with Crippen LogP contribution in [0.2, 0.25) is 0 Å². The Morgan fingerprint density at radius 3 is 2.67 bits per heavy atom. The molecule has 1 atom stereocenters. The second-order valence-electron chi connectivity index (χ2n) is 4.20. The highest BCUT2D eigenvalue weighted by Crippen LogP contribution is 2.39. The van der Waals surface area contributed by atoms with Crippen LogP contribution in [0.1, 0.15) is 20.3 Å². The first-order chi connectivity index (χ1) is 8.29. The first-order valence-corrected chi connectivity index (χ1v) is 8.49. The van der Waals surface area contributed by atoms with Gasteiger partial charge in [-0.2, -0.15) is 0 Å².